The average Bonchev–Trinajstić information content (AvgIpc) is 2.89. The molecule has 198 valence electrons. The number of carbonyl (C=O) groups excluding carboxylic acids is 2. The van der Waals surface area contributed by atoms with Crippen molar-refractivity contribution < 1.29 is 28.5 Å². The number of urea groups is 1. The first-order valence-corrected chi connectivity index (χ1v) is 12.3. The van der Waals surface area contributed by atoms with E-state index in [1.54, 1.807) is 45.4 Å². The number of carbonyl (C=O) groups is 2. The number of ether oxygens (including phenoxy) is 4. The van der Waals surface area contributed by atoms with Gasteiger partial charge in [0.15, 0.2) is 11.5 Å². The molecule has 2 heterocycles. The highest BCUT2D eigenvalue weighted by Gasteiger charge is 2.61. The van der Waals surface area contributed by atoms with Gasteiger partial charge < -0.3 is 29.6 Å². The van der Waals surface area contributed by atoms with E-state index in [1.165, 1.54) is 12.0 Å². The second-order valence-corrected chi connectivity index (χ2v) is 9.62. The number of methoxy groups -OCH3 is 3. The summed E-state index contributed by atoms with van der Waals surface area (Å²) in [6, 6.07) is 15.3. The number of anilines is 2. The van der Waals surface area contributed by atoms with Crippen molar-refractivity contribution in [3.05, 3.63) is 71.3 Å². The largest absolute Gasteiger partial charge is 0.497 e. The highest BCUT2D eigenvalue weighted by atomic mass is 16.5. The lowest BCUT2D eigenvalue weighted by Gasteiger charge is -2.54. The fourth-order valence-electron chi connectivity index (χ4n) is 5.43. The number of hydrogen-bond acceptors (Lipinski definition) is 6. The van der Waals surface area contributed by atoms with Crippen LogP contribution in [0.3, 0.4) is 0 Å². The molecule has 2 N–H and O–H groups in total. The Morgan fingerprint density at radius 1 is 1.00 bits per heavy atom. The van der Waals surface area contributed by atoms with E-state index in [4.69, 9.17) is 18.9 Å². The summed E-state index contributed by atoms with van der Waals surface area (Å²) in [6.45, 7) is 5.68. The summed E-state index contributed by atoms with van der Waals surface area (Å²) in [4.78, 5) is 29.2. The zero-order valence-electron chi connectivity index (χ0n) is 22.2. The number of nitrogens with one attached hydrogen (secondary N) is 2. The summed E-state index contributed by atoms with van der Waals surface area (Å²) in [5.41, 5.74) is 2.37. The Kier molecular flexibility index (Phi) is 6.30. The third-order valence-electron chi connectivity index (χ3n) is 7.26. The Bertz CT molecular complexity index is 1420. The molecule has 9 heteroatoms. The highest BCUT2D eigenvalue weighted by molar-refractivity contribution is 6.02. The van der Waals surface area contributed by atoms with Crippen molar-refractivity contribution in [2.45, 2.75) is 32.5 Å². The number of para-hydroxylation sites is 1. The number of hydrogen-bond donors (Lipinski definition) is 2. The molecule has 9 nitrogen and oxygen atoms in total. The number of fused-ring (bicyclic) bond motifs is 4. The van der Waals surface area contributed by atoms with E-state index in [9.17, 15) is 9.59 Å². The van der Waals surface area contributed by atoms with Crippen LogP contribution in [-0.2, 0) is 4.79 Å². The fraction of sp³-hybridized carbons (Fsp3) is 0.310. The summed E-state index contributed by atoms with van der Waals surface area (Å²) in [5.74, 6) is 0.789. The van der Waals surface area contributed by atoms with E-state index >= 15 is 0 Å². The number of rotatable bonds is 6. The van der Waals surface area contributed by atoms with E-state index in [0.29, 0.717) is 39.9 Å². The lowest BCUT2D eigenvalue weighted by atomic mass is 9.78. The summed E-state index contributed by atoms with van der Waals surface area (Å²) in [6.07, 6.45) is 0. The SMILES string of the molecule is COc1ccc(N2C(=O)NC3c4cccc(OC)c4OC2(C)C3C(=O)Nc2ccc(C)cc2C)c(OC)c1. The zero-order valence-corrected chi connectivity index (χ0v) is 22.2. The molecule has 0 aliphatic carbocycles. The Balaban J connectivity index is 1.67. The maximum atomic E-state index is 14.1. The molecule has 3 amide bonds. The minimum Gasteiger partial charge on any atom is -0.497 e. The third-order valence-corrected chi connectivity index (χ3v) is 7.26. The van der Waals surface area contributed by atoms with Gasteiger partial charge in [-0.1, -0.05) is 29.8 Å². The monoisotopic (exact) mass is 517 g/mol. The Labute approximate surface area is 221 Å². The molecule has 0 saturated carbocycles. The van der Waals surface area contributed by atoms with Gasteiger partial charge in [0.25, 0.3) is 0 Å². The van der Waals surface area contributed by atoms with Crippen LogP contribution >= 0.6 is 0 Å². The average molecular weight is 518 g/mol. The van der Waals surface area contributed by atoms with Gasteiger partial charge in [0, 0.05) is 17.3 Å². The lowest BCUT2D eigenvalue weighted by Crippen LogP contribution is -2.72. The molecule has 2 bridgehead atoms. The summed E-state index contributed by atoms with van der Waals surface area (Å²) in [5, 5.41) is 6.13. The van der Waals surface area contributed by atoms with Gasteiger partial charge in [0.05, 0.1) is 33.1 Å². The number of benzene rings is 3. The van der Waals surface area contributed by atoms with Crippen LogP contribution in [0, 0.1) is 19.8 Å². The molecular weight excluding hydrogens is 486 g/mol. The van der Waals surface area contributed by atoms with Crippen molar-refractivity contribution in [3.63, 3.8) is 0 Å². The van der Waals surface area contributed by atoms with Crippen molar-refractivity contribution in [2.24, 2.45) is 5.92 Å². The third kappa shape index (κ3) is 3.95. The quantitative estimate of drug-likeness (QED) is 0.480. The lowest BCUT2D eigenvalue weighted by molar-refractivity contribution is -0.131. The van der Waals surface area contributed by atoms with Crippen LogP contribution in [0.5, 0.6) is 23.0 Å². The molecule has 3 atom stereocenters. The second kappa shape index (κ2) is 9.48. The van der Waals surface area contributed by atoms with Crippen LogP contribution in [0.15, 0.2) is 54.6 Å². The standard InChI is InChI=1S/C29H31N3O6/c1-16-10-12-20(17(2)14-16)30-27(33)24-25-19-8-7-9-22(36-5)26(19)38-29(24,3)32(28(34)31-25)21-13-11-18(35-4)15-23(21)37-6/h7-15,24-25H,1-6H3,(H,30,33)(H,31,34). The maximum absolute atomic E-state index is 14.1. The van der Waals surface area contributed by atoms with Gasteiger partial charge >= 0.3 is 6.03 Å². The highest BCUT2D eigenvalue weighted by Crippen LogP contribution is 2.53. The van der Waals surface area contributed by atoms with Gasteiger partial charge in [0.2, 0.25) is 11.6 Å². The molecule has 3 aromatic rings. The van der Waals surface area contributed by atoms with E-state index < -0.39 is 23.7 Å². The number of nitrogens with zero attached hydrogens (tertiary/aromatic N) is 1. The van der Waals surface area contributed by atoms with Gasteiger partial charge in [-0.05, 0) is 50.6 Å². The topological polar surface area (TPSA) is 98.4 Å². The molecular formula is C29H31N3O6. The van der Waals surface area contributed by atoms with Crippen molar-refractivity contribution in [2.75, 3.05) is 31.5 Å². The summed E-state index contributed by atoms with van der Waals surface area (Å²) in [7, 11) is 4.61. The van der Waals surface area contributed by atoms with Crippen LogP contribution in [0.1, 0.15) is 29.7 Å². The molecule has 0 aromatic heterocycles. The molecule has 5 rings (SSSR count). The number of aryl methyl sites for hydroxylation is 2. The fourth-order valence-corrected chi connectivity index (χ4v) is 5.43. The second-order valence-electron chi connectivity index (χ2n) is 9.62. The van der Waals surface area contributed by atoms with Crippen molar-refractivity contribution >= 4 is 23.3 Å². The maximum Gasteiger partial charge on any atom is 0.325 e. The normalized spacial score (nSPS) is 21.5. The predicted octanol–water partition coefficient (Wildman–Crippen LogP) is 4.96. The number of amides is 3. The Morgan fingerprint density at radius 3 is 2.45 bits per heavy atom. The van der Waals surface area contributed by atoms with Crippen LogP contribution in [0.25, 0.3) is 0 Å². The molecule has 38 heavy (non-hydrogen) atoms. The molecule has 0 spiro atoms. The molecule has 2 aliphatic rings. The Hall–Kier alpha value is -4.40. The van der Waals surface area contributed by atoms with Gasteiger partial charge in [-0.15, -0.1) is 0 Å². The van der Waals surface area contributed by atoms with Crippen LogP contribution < -0.4 is 34.5 Å². The molecule has 0 radical (unpaired) electrons. The molecule has 3 aromatic carbocycles. The van der Waals surface area contributed by atoms with E-state index in [2.05, 4.69) is 10.6 Å². The first kappa shape index (κ1) is 25.3. The predicted molar refractivity (Wildman–Crippen MR) is 143 cm³/mol. The van der Waals surface area contributed by atoms with E-state index in [0.717, 1.165) is 11.1 Å². The minimum atomic E-state index is -1.45. The van der Waals surface area contributed by atoms with E-state index in [1.807, 2.05) is 44.2 Å². The van der Waals surface area contributed by atoms with Gasteiger partial charge in [0.1, 0.15) is 17.4 Å². The van der Waals surface area contributed by atoms with Gasteiger partial charge in [-0.25, -0.2) is 4.79 Å². The molecule has 1 fully saturated rings. The first-order chi connectivity index (χ1) is 18.2. The summed E-state index contributed by atoms with van der Waals surface area (Å²) < 4.78 is 23.2. The minimum absolute atomic E-state index is 0.296. The van der Waals surface area contributed by atoms with Crippen LogP contribution in [0.2, 0.25) is 0 Å². The van der Waals surface area contributed by atoms with Crippen molar-refractivity contribution in [1.82, 2.24) is 5.32 Å². The first-order valence-electron chi connectivity index (χ1n) is 12.3. The van der Waals surface area contributed by atoms with E-state index in [-0.39, 0.29) is 5.91 Å². The van der Waals surface area contributed by atoms with Gasteiger partial charge in [-0.3, -0.25) is 9.69 Å². The van der Waals surface area contributed by atoms with Crippen molar-refractivity contribution in [1.29, 1.82) is 0 Å². The molecule has 3 unspecified atom stereocenters. The molecule has 1 saturated heterocycles. The summed E-state index contributed by atoms with van der Waals surface area (Å²) >= 11 is 0. The smallest absolute Gasteiger partial charge is 0.325 e. The van der Waals surface area contributed by atoms with Gasteiger partial charge in [-0.2, -0.15) is 0 Å². The van der Waals surface area contributed by atoms with Crippen LogP contribution in [-0.4, -0.2) is 39.0 Å². The van der Waals surface area contributed by atoms with Crippen molar-refractivity contribution in [3.8, 4) is 23.0 Å². The zero-order chi connectivity index (χ0) is 27.2. The molecule has 2 aliphatic heterocycles. The Morgan fingerprint density at radius 2 is 1.76 bits per heavy atom. The van der Waals surface area contributed by atoms with Crippen LogP contribution in [0.4, 0.5) is 16.2 Å².